The number of carbonyl (C=O) groups excluding carboxylic acids is 1. The Labute approximate surface area is 388 Å². The molecule has 0 aliphatic carbocycles. The van der Waals surface area contributed by atoms with Gasteiger partial charge in [0.15, 0.2) is 6.29 Å². The van der Waals surface area contributed by atoms with Crippen LogP contribution in [-0.2, 0) is 14.3 Å². The van der Waals surface area contributed by atoms with Crippen LogP contribution in [0.2, 0.25) is 0 Å². The number of amides is 1. The Morgan fingerprint density at radius 3 is 1.37 bits per heavy atom. The van der Waals surface area contributed by atoms with Crippen LogP contribution in [0.3, 0.4) is 0 Å². The fourth-order valence-corrected chi connectivity index (χ4v) is 8.72. The Balaban J connectivity index is 2.25. The van der Waals surface area contributed by atoms with Gasteiger partial charge in [-0.25, -0.2) is 0 Å². The van der Waals surface area contributed by atoms with E-state index in [0.29, 0.717) is 12.8 Å². The molecule has 0 aromatic heterocycles. The number of hydrogen-bond donors (Lipinski definition) is 6. The van der Waals surface area contributed by atoms with Crippen molar-refractivity contribution in [1.82, 2.24) is 5.32 Å². The van der Waals surface area contributed by atoms with Crippen LogP contribution in [0, 0.1) is 0 Å². The molecule has 0 saturated carbocycles. The second-order valence-electron chi connectivity index (χ2n) is 19.0. The van der Waals surface area contributed by atoms with Crippen molar-refractivity contribution < 1.29 is 39.8 Å². The predicted octanol–water partition coefficient (Wildman–Crippen LogP) is 12.6. The second kappa shape index (κ2) is 44.5. The van der Waals surface area contributed by atoms with Gasteiger partial charge in [0.1, 0.15) is 24.4 Å². The second-order valence-corrected chi connectivity index (χ2v) is 19.0. The van der Waals surface area contributed by atoms with Crippen LogP contribution >= 0.6 is 0 Å². The summed E-state index contributed by atoms with van der Waals surface area (Å²) in [4.78, 5) is 13.0. The minimum Gasteiger partial charge on any atom is -0.394 e. The molecule has 7 unspecified atom stereocenters. The maximum atomic E-state index is 13.0. The number of ether oxygens (including phenoxy) is 2. The van der Waals surface area contributed by atoms with E-state index in [1.807, 2.05) is 0 Å². The van der Waals surface area contributed by atoms with Gasteiger partial charge in [-0.3, -0.25) is 4.79 Å². The van der Waals surface area contributed by atoms with Crippen molar-refractivity contribution in [3.63, 3.8) is 0 Å². The van der Waals surface area contributed by atoms with Crippen molar-refractivity contribution in [2.45, 2.75) is 301 Å². The van der Waals surface area contributed by atoms with Crippen molar-refractivity contribution in [3.8, 4) is 0 Å². The number of unbranched alkanes of at least 4 members (excludes halogenated alkanes) is 32. The summed E-state index contributed by atoms with van der Waals surface area (Å²) in [6.07, 6.45) is 47.6. The first-order chi connectivity index (χ1) is 30.8. The number of nitrogens with one attached hydrogen (secondary N) is 1. The monoisotopic (exact) mass is 894 g/mol. The van der Waals surface area contributed by atoms with E-state index in [0.717, 1.165) is 44.9 Å². The summed E-state index contributed by atoms with van der Waals surface area (Å²) in [7, 11) is 0. The standard InChI is InChI=1S/C54H103NO8/c1-3-5-7-9-11-13-15-17-19-21-23-24-26-28-30-32-34-36-38-40-42-44-50(58)55-47(46-62-54-53(61)52(60)51(59)49(45-56)63-54)48(57)43-41-39-37-35-33-31-29-27-25-22-20-18-16-14-12-10-8-6-4-2/h15,17,21,23,47-49,51-54,56-57,59-61H,3-14,16,18-20,22,24-46H2,1-2H3,(H,55,58)/b17-15-,23-21-. The van der Waals surface area contributed by atoms with Crippen molar-refractivity contribution in [1.29, 1.82) is 0 Å². The summed E-state index contributed by atoms with van der Waals surface area (Å²) in [5.41, 5.74) is 0. The SMILES string of the molecule is CCCCCCC/C=C\C/C=C\CCCCCCCCCCCC(=O)NC(COC1OC(CO)C(O)C(O)C1O)C(O)CCCCCCCCCCCCCCCCCCCCC. The number of allylic oxidation sites excluding steroid dienone is 4. The molecule has 0 bridgehead atoms. The third kappa shape index (κ3) is 34.6. The lowest BCUT2D eigenvalue weighted by Crippen LogP contribution is -2.60. The summed E-state index contributed by atoms with van der Waals surface area (Å²) in [5, 5.41) is 54.6. The lowest BCUT2D eigenvalue weighted by atomic mass is 9.99. The number of carbonyl (C=O) groups is 1. The first-order valence-electron chi connectivity index (χ1n) is 27.0. The van der Waals surface area contributed by atoms with Gasteiger partial charge >= 0.3 is 0 Å². The number of aliphatic hydroxyl groups is 5. The third-order valence-corrected chi connectivity index (χ3v) is 13.1. The van der Waals surface area contributed by atoms with Gasteiger partial charge in [0, 0.05) is 6.42 Å². The van der Waals surface area contributed by atoms with E-state index in [4.69, 9.17) is 9.47 Å². The fourth-order valence-electron chi connectivity index (χ4n) is 8.72. The molecule has 0 spiro atoms. The lowest BCUT2D eigenvalue weighted by molar-refractivity contribution is -0.302. The smallest absolute Gasteiger partial charge is 0.220 e. The van der Waals surface area contributed by atoms with E-state index >= 15 is 0 Å². The molecule has 372 valence electrons. The first kappa shape index (κ1) is 59.7. The minimum absolute atomic E-state index is 0.137. The highest BCUT2D eigenvalue weighted by molar-refractivity contribution is 5.76. The van der Waals surface area contributed by atoms with E-state index in [9.17, 15) is 30.3 Å². The van der Waals surface area contributed by atoms with Gasteiger partial charge in [0.2, 0.25) is 5.91 Å². The average Bonchev–Trinajstić information content (AvgIpc) is 3.28. The number of hydrogen-bond acceptors (Lipinski definition) is 8. The van der Waals surface area contributed by atoms with Crippen molar-refractivity contribution in [2.24, 2.45) is 0 Å². The molecule has 1 fully saturated rings. The molecular weight excluding hydrogens is 791 g/mol. The van der Waals surface area contributed by atoms with E-state index in [1.54, 1.807) is 0 Å². The molecule has 0 aromatic carbocycles. The fraction of sp³-hybridized carbons (Fsp3) is 0.907. The number of aliphatic hydroxyl groups excluding tert-OH is 5. The molecule has 1 saturated heterocycles. The average molecular weight is 894 g/mol. The highest BCUT2D eigenvalue weighted by Crippen LogP contribution is 2.23. The lowest BCUT2D eigenvalue weighted by Gasteiger charge is -2.40. The zero-order valence-corrected chi connectivity index (χ0v) is 41.1. The van der Waals surface area contributed by atoms with E-state index in [1.165, 1.54) is 186 Å². The molecule has 6 N–H and O–H groups in total. The largest absolute Gasteiger partial charge is 0.394 e. The molecule has 63 heavy (non-hydrogen) atoms. The predicted molar refractivity (Wildman–Crippen MR) is 263 cm³/mol. The van der Waals surface area contributed by atoms with Gasteiger partial charge in [-0.05, 0) is 44.9 Å². The molecule has 9 heteroatoms. The Morgan fingerprint density at radius 2 is 0.937 bits per heavy atom. The van der Waals surface area contributed by atoms with Crippen molar-refractivity contribution >= 4 is 5.91 Å². The molecule has 9 nitrogen and oxygen atoms in total. The van der Waals surface area contributed by atoms with E-state index in [2.05, 4.69) is 43.5 Å². The minimum atomic E-state index is -1.55. The summed E-state index contributed by atoms with van der Waals surface area (Å²) in [5.74, 6) is -0.146. The molecule has 1 aliphatic rings. The normalized spacial score (nSPS) is 20.3. The Kier molecular flexibility index (Phi) is 42.2. The first-order valence-corrected chi connectivity index (χ1v) is 27.0. The molecule has 1 rings (SSSR count). The summed E-state index contributed by atoms with van der Waals surface area (Å²) >= 11 is 0. The summed E-state index contributed by atoms with van der Waals surface area (Å²) in [6, 6.07) is -0.720. The quantitative estimate of drug-likeness (QED) is 0.0261. The highest BCUT2D eigenvalue weighted by Gasteiger charge is 2.44. The van der Waals surface area contributed by atoms with Gasteiger partial charge in [-0.1, -0.05) is 231 Å². The van der Waals surface area contributed by atoms with Crippen LogP contribution in [0.15, 0.2) is 24.3 Å². The molecule has 0 radical (unpaired) electrons. The highest BCUT2D eigenvalue weighted by atomic mass is 16.7. The van der Waals surface area contributed by atoms with Gasteiger partial charge in [-0.2, -0.15) is 0 Å². The van der Waals surface area contributed by atoms with Crippen LogP contribution in [-0.4, -0.2) is 87.5 Å². The topological polar surface area (TPSA) is 149 Å². The molecule has 7 atom stereocenters. The van der Waals surface area contributed by atoms with Crippen LogP contribution in [0.25, 0.3) is 0 Å². The van der Waals surface area contributed by atoms with Crippen molar-refractivity contribution in [3.05, 3.63) is 24.3 Å². The van der Waals surface area contributed by atoms with Crippen LogP contribution in [0.4, 0.5) is 0 Å². The Hall–Kier alpha value is -1.33. The maximum Gasteiger partial charge on any atom is 0.220 e. The van der Waals surface area contributed by atoms with Crippen LogP contribution in [0.5, 0.6) is 0 Å². The van der Waals surface area contributed by atoms with Crippen LogP contribution in [0.1, 0.15) is 258 Å². The molecule has 0 aromatic rings. The van der Waals surface area contributed by atoms with Crippen LogP contribution < -0.4 is 5.32 Å². The summed E-state index contributed by atoms with van der Waals surface area (Å²) in [6.45, 7) is 3.85. The zero-order valence-electron chi connectivity index (χ0n) is 41.1. The zero-order chi connectivity index (χ0) is 45.9. The van der Waals surface area contributed by atoms with E-state index < -0.39 is 49.5 Å². The summed E-state index contributed by atoms with van der Waals surface area (Å²) < 4.78 is 11.3. The Morgan fingerprint density at radius 1 is 0.540 bits per heavy atom. The Bertz CT molecular complexity index is 1040. The van der Waals surface area contributed by atoms with E-state index in [-0.39, 0.29) is 12.5 Å². The van der Waals surface area contributed by atoms with Gasteiger partial charge < -0.3 is 40.3 Å². The maximum absolute atomic E-state index is 13.0. The van der Waals surface area contributed by atoms with Crippen molar-refractivity contribution in [2.75, 3.05) is 13.2 Å². The van der Waals surface area contributed by atoms with Gasteiger partial charge in [0.25, 0.3) is 0 Å². The van der Waals surface area contributed by atoms with Gasteiger partial charge in [0.05, 0.1) is 25.4 Å². The molecule has 1 amide bonds. The van der Waals surface area contributed by atoms with Gasteiger partial charge in [-0.15, -0.1) is 0 Å². The molecule has 1 heterocycles. The number of rotatable bonds is 46. The third-order valence-electron chi connectivity index (χ3n) is 13.1. The molecule has 1 aliphatic heterocycles. The molecular formula is C54H103NO8.